The minimum Gasteiger partial charge on any atom is -0.288 e. The molecule has 0 amide bonds. The number of azo groups is 1. The van der Waals surface area contributed by atoms with E-state index in [2.05, 4.69) is 10.2 Å². The Morgan fingerprint density at radius 1 is 1.43 bits per heavy atom. The second-order valence-electron chi connectivity index (χ2n) is 0.842. The molecule has 0 aliphatic heterocycles. The third-order valence-electron chi connectivity index (χ3n) is 0.340. The first-order chi connectivity index (χ1) is 3.41. The number of nitrogens with one attached hydrogen (secondary N) is 1. The standard InChI is InChI=1S/C4H7N3/c1-2-3-6-7-4-5/h2-5H,1H3/b3-2-,5-4?,7-6-. The highest BCUT2D eigenvalue weighted by atomic mass is 15.1. The third-order valence-corrected chi connectivity index (χ3v) is 0.340. The first-order valence-electron chi connectivity index (χ1n) is 1.92. The molecule has 0 bridgehead atoms. The lowest BCUT2D eigenvalue weighted by molar-refractivity contribution is 1.27. The molecule has 0 saturated heterocycles. The van der Waals surface area contributed by atoms with E-state index >= 15 is 0 Å². The minimum atomic E-state index is 0.889. The molecule has 0 saturated carbocycles. The lowest BCUT2D eigenvalue weighted by Crippen LogP contribution is -1.50. The maximum Gasteiger partial charge on any atom is 0.129 e. The van der Waals surface area contributed by atoms with Gasteiger partial charge in [0.05, 0.1) is 0 Å². The van der Waals surface area contributed by atoms with Crippen LogP contribution >= 0.6 is 0 Å². The van der Waals surface area contributed by atoms with Crippen LogP contribution in [-0.2, 0) is 0 Å². The van der Waals surface area contributed by atoms with Crippen LogP contribution in [0.5, 0.6) is 0 Å². The quantitative estimate of drug-likeness (QED) is 0.309. The zero-order chi connectivity index (χ0) is 5.54. The molecular weight excluding hydrogens is 90.1 g/mol. The maximum absolute atomic E-state index is 6.36. The molecule has 0 aliphatic rings. The average molecular weight is 97.1 g/mol. The Morgan fingerprint density at radius 2 is 2.14 bits per heavy atom. The zero-order valence-corrected chi connectivity index (χ0v) is 4.13. The topological polar surface area (TPSA) is 48.6 Å². The van der Waals surface area contributed by atoms with Crippen LogP contribution in [0.4, 0.5) is 0 Å². The van der Waals surface area contributed by atoms with Crippen molar-refractivity contribution in [1.29, 1.82) is 5.41 Å². The fraction of sp³-hybridized carbons (Fsp3) is 0.250. The van der Waals surface area contributed by atoms with Crippen molar-refractivity contribution in [3.63, 3.8) is 0 Å². The molecule has 7 heavy (non-hydrogen) atoms. The van der Waals surface area contributed by atoms with E-state index in [1.807, 2.05) is 6.92 Å². The first-order valence-corrected chi connectivity index (χ1v) is 1.92. The molecule has 0 atom stereocenters. The van der Waals surface area contributed by atoms with E-state index in [1.54, 1.807) is 6.08 Å². The van der Waals surface area contributed by atoms with E-state index in [1.165, 1.54) is 6.20 Å². The van der Waals surface area contributed by atoms with Gasteiger partial charge in [0.25, 0.3) is 0 Å². The van der Waals surface area contributed by atoms with Crippen LogP contribution in [0, 0.1) is 5.41 Å². The number of rotatable bonds is 2. The smallest absolute Gasteiger partial charge is 0.129 e. The molecular formula is C4H7N3. The molecule has 0 fully saturated rings. The summed E-state index contributed by atoms with van der Waals surface area (Å²) < 4.78 is 0. The molecule has 0 heterocycles. The molecule has 0 rings (SSSR count). The van der Waals surface area contributed by atoms with Crippen molar-refractivity contribution in [1.82, 2.24) is 0 Å². The Bertz CT molecular complexity index is 93.1. The minimum absolute atomic E-state index is 0.889. The summed E-state index contributed by atoms with van der Waals surface area (Å²) in [6.45, 7) is 1.84. The van der Waals surface area contributed by atoms with Crippen LogP contribution in [0.1, 0.15) is 6.92 Å². The monoisotopic (exact) mass is 97.1 g/mol. The second-order valence-corrected chi connectivity index (χ2v) is 0.842. The number of hydrogen-bond donors (Lipinski definition) is 1. The zero-order valence-electron chi connectivity index (χ0n) is 4.13. The fourth-order valence-corrected chi connectivity index (χ4v) is 0.138. The highest BCUT2D eigenvalue weighted by Crippen LogP contribution is 1.71. The first kappa shape index (κ1) is 6.01. The van der Waals surface area contributed by atoms with Gasteiger partial charge in [0.1, 0.15) is 6.34 Å². The average Bonchev–Trinajstić information content (AvgIpc) is 1.69. The van der Waals surface area contributed by atoms with Crippen molar-refractivity contribution < 1.29 is 0 Å². The van der Waals surface area contributed by atoms with Gasteiger partial charge in [0, 0.05) is 6.20 Å². The summed E-state index contributed by atoms with van der Waals surface area (Å²) >= 11 is 0. The summed E-state index contributed by atoms with van der Waals surface area (Å²) in [7, 11) is 0. The summed E-state index contributed by atoms with van der Waals surface area (Å²) in [5, 5.41) is 13.0. The van der Waals surface area contributed by atoms with Crippen molar-refractivity contribution in [2.24, 2.45) is 10.2 Å². The molecule has 0 radical (unpaired) electrons. The Morgan fingerprint density at radius 3 is 2.57 bits per heavy atom. The Hall–Kier alpha value is -0.990. The van der Waals surface area contributed by atoms with Crippen molar-refractivity contribution in [2.75, 3.05) is 0 Å². The lowest BCUT2D eigenvalue weighted by atomic mass is 10.7. The number of hydrogen-bond acceptors (Lipinski definition) is 2. The van der Waals surface area contributed by atoms with Gasteiger partial charge in [0.2, 0.25) is 0 Å². The SMILES string of the molecule is C/C=C\N=N/C=N. The maximum atomic E-state index is 6.36. The normalized spacial score (nSPS) is 11.0. The number of nitrogens with zero attached hydrogens (tertiary/aromatic N) is 2. The molecule has 0 aliphatic carbocycles. The van der Waals surface area contributed by atoms with Gasteiger partial charge in [-0.1, -0.05) is 6.08 Å². The van der Waals surface area contributed by atoms with E-state index < -0.39 is 0 Å². The van der Waals surface area contributed by atoms with Crippen LogP contribution in [-0.4, -0.2) is 6.34 Å². The largest absolute Gasteiger partial charge is 0.288 e. The molecule has 0 unspecified atom stereocenters. The van der Waals surface area contributed by atoms with E-state index in [-0.39, 0.29) is 0 Å². The van der Waals surface area contributed by atoms with Gasteiger partial charge < -0.3 is 0 Å². The van der Waals surface area contributed by atoms with Crippen molar-refractivity contribution in [3.8, 4) is 0 Å². The van der Waals surface area contributed by atoms with Gasteiger partial charge in [-0.25, -0.2) is 0 Å². The summed E-state index contributed by atoms with van der Waals surface area (Å²) in [6, 6.07) is 0. The van der Waals surface area contributed by atoms with E-state index in [0.717, 1.165) is 6.34 Å². The summed E-state index contributed by atoms with van der Waals surface area (Å²) in [5.74, 6) is 0. The van der Waals surface area contributed by atoms with Crippen LogP contribution in [0.25, 0.3) is 0 Å². The van der Waals surface area contributed by atoms with Crippen LogP contribution in [0.3, 0.4) is 0 Å². The van der Waals surface area contributed by atoms with Gasteiger partial charge in [-0.05, 0) is 6.92 Å². The molecule has 3 heteroatoms. The highest BCUT2D eigenvalue weighted by Gasteiger charge is 1.53. The molecule has 0 aromatic heterocycles. The van der Waals surface area contributed by atoms with Crippen molar-refractivity contribution >= 4 is 6.34 Å². The fourth-order valence-electron chi connectivity index (χ4n) is 0.138. The molecule has 38 valence electrons. The Labute approximate surface area is 42.3 Å². The Balaban J connectivity index is 3.27. The Kier molecular flexibility index (Phi) is 4.30. The molecule has 1 N–H and O–H groups in total. The van der Waals surface area contributed by atoms with Crippen LogP contribution < -0.4 is 0 Å². The van der Waals surface area contributed by atoms with E-state index in [0.29, 0.717) is 0 Å². The van der Waals surface area contributed by atoms with Gasteiger partial charge in [-0.3, -0.25) is 5.41 Å². The van der Waals surface area contributed by atoms with Gasteiger partial charge in [-0.2, -0.15) is 5.11 Å². The van der Waals surface area contributed by atoms with E-state index in [4.69, 9.17) is 5.41 Å². The predicted molar refractivity (Wildman–Crippen MR) is 28.5 cm³/mol. The number of allylic oxidation sites excluding steroid dienone is 1. The molecule has 0 spiro atoms. The summed E-state index contributed by atoms with van der Waals surface area (Å²) in [6.07, 6.45) is 4.15. The van der Waals surface area contributed by atoms with E-state index in [9.17, 15) is 0 Å². The molecule has 0 aromatic carbocycles. The highest BCUT2D eigenvalue weighted by molar-refractivity contribution is 5.49. The second kappa shape index (κ2) is 5.01. The van der Waals surface area contributed by atoms with Gasteiger partial charge in [-0.15, -0.1) is 5.11 Å². The molecule has 3 nitrogen and oxygen atoms in total. The molecule has 0 aromatic rings. The van der Waals surface area contributed by atoms with Gasteiger partial charge in [0.15, 0.2) is 0 Å². The predicted octanol–water partition coefficient (Wildman–Crippen LogP) is 1.58. The lowest BCUT2D eigenvalue weighted by Gasteiger charge is -1.64. The third kappa shape index (κ3) is 5.01. The van der Waals surface area contributed by atoms with Crippen molar-refractivity contribution in [2.45, 2.75) is 6.92 Å². The van der Waals surface area contributed by atoms with Gasteiger partial charge >= 0.3 is 0 Å². The summed E-state index contributed by atoms with van der Waals surface area (Å²) in [5.41, 5.74) is 0. The van der Waals surface area contributed by atoms with Crippen LogP contribution in [0.2, 0.25) is 0 Å². The van der Waals surface area contributed by atoms with Crippen LogP contribution in [0.15, 0.2) is 22.5 Å². The summed E-state index contributed by atoms with van der Waals surface area (Å²) in [4.78, 5) is 0. The van der Waals surface area contributed by atoms with Crippen molar-refractivity contribution in [3.05, 3.63) is 12.3 Å².